The van der Waals surface area contributed by atoms with E-state index in [1.807, 2.05) is 36.1 Å². The van der Waals surface area contributed by atoms with E-state index in [9.17, 15) is 4.79 Å². The maximum atomic E-state index is 11.7. The molecule has 7 nitrogen and oxygen atoms in total. The van der Waals surface area contributed by atoms with E-state index in [-0.39, 0.29) is 5.91 Å². The van der Waals surface area contributed by atoms with Crippen LogP contribution < -0.4 is 10.1 Å². The lowest BCUT2D eigenvalue weighted by Gasteiger charge is -2.40. The van der Waals surface area contributed by atoms with Gasteiger partial charge in [0.2, 0.25) is 5.91 Å². The smallest absolute Gasteiger partial charge is 0.219 e. The molecule has 0 spiro atoms. The van der Waals surface area contributed by atoms with Crippen molar-refractivity contribution in [3.63, 3.8) is 0 Å². The number of hydrogen-bond acceptors (Lipinski definition) is 5. The average molecular weight is 435 g/mol. The third kappa shape index (κ3) is 6.55. The van der Waals surface area contributed by atoms with Crippen molar-refractivity contribution in [1.29, 1.82) is 0 Å². The van der Waals surface area contributed by atoms with Crippen LogP contribution in [0.2, 0.25) is 0 Å². The summed E-state index contributed by atoms with van der Waals surface area (Å²) >= 11 is 5.83. The van der Waals surface area contributed by atoms with E-state index in [2.05, 4.69) is 15.1 Å². The molecule has 0 unspecified atom stereocenters. The third-order valence-corrected chi connectivity index (χ3v) is 6.13. The quantitative estimate of drug-likeness (QED) is 0.662. The number of morpholine rings is 1. The van der Waals surface area contributed by atoms with E-state index in [0.29, 0.717) is 12.6 Å². The van der Waals surface area contributed by atoms with E-state index < -0.39 is 0 Å². The average Bonchev–Trinajstić information content (AvgIpc) is 2.76. The van der Waals surface area contributed by atoms with Gasteiger partial charge in [0.05, 0.1) is 19.8 Å². The van der Waals surface area contributed by atoms with Crippen LogP contribution in [0.3, 0.4) is 0 Å². The van der Waals surface area contributed by atoms with Crippen molar-refractivity contribution in [2.24, 2.45) is 0 Å². The first-order valence-corrected chi connectivity index (χ1v) is 11.3. The van der Waals surface area contributed by atoms with Gasteiger partial charge < -0.3 is 24.6 Å². The number of thiocarbonyl (C=S) groups is 1. The number of hydrogen-bond donors (Lipinski definition) is 1. The summed E-state index contributed by atoms with van der Waals surface area (Å²) in [6.07, 6.45) is 1.88. The molecule has 1 aromatic carbocycles. The van der Waals surface area contributed by atoms with Crippen LogP contribution in [0.4, 0.5) is 5.69 Å². The van der Waals surface area contributed by atoms with Gasteiger partial charge in [0.15, 0.2) is 5.11 Å². The molecule has 1 aromatic rings. The molecule has 0 atom stereocenters. The molecule has 0 bridgehead atoms. The summed E-state index contributed by atoms with van der Waals surface area (Å²) in [4.78, 5) is 18.4. The molecular formula is C22H34N4O3S. The molecule has 166 valence electrons. The molecule has 2 aliphatic rings. The topological polar surface area (TPSA) is 57.3 Å². The Morgan fingerprint density at radius 3 is 2.47 bits per heavy atom. The predicted molar refractivity (Wildman–Crippen MR) is 123 cm³/mol. The van der Waals surface area contributed by atoms with E-state index >= 15 is 0 Å². The molecule has 2 aliphatic heterocycles. The molecule has 0 aliphatic carbocycles. The molecule has 0 aromatic heterocycles. The highest BCUT2D eigenvalue weighted by molar-refractivity contribution is 7.80. The van der Waals surface area contributed by atoms with Crippen LogP contribution in [0, 0.1) is 0 Å². The van der Waals surface area contributed by atoms with Crippen LogP contribution in [-0.4, -0.2) is 90.9 Å². The van der Waals surface area contributed by atoms with E-state index in [1.165, 1.54) is 0 Å². The summed E-state index contributed by atoms with van der Waals surface area (Å²) in [6.45, 7) is 11.2. The summed E-state index contributed by atoms with van der Waals surface area (Å²) in [6, 6.07) is 8.24. The first kappa shape index (κ1) is 22.8. The lowest BCUT2D eigenvalue weighted by molar-refractivity contribution is -0.130. The molecule has 8 heteroatoms. The summed E-state index contributed by atoms with van der Waals surface area (Å²) in [7, 11) is 0. The van der Waals surface area contributed by atoms with Crippen molar-refractivity contribution >= 4 is 28.9 Å². The number of carbonyl (C=O) groups is 1. The molecule has 1 N–H and O–H groups in total. The zero-order valence-corrected chi connectivity index (χ0v) is 19.0. The molecule has 3 rings (SSSR count). The van der Waals surface area contributed by atoms with Crippen molar-refractivity contribution in [2.45, 2.75) is 32.7 Å². The molecular weight excluding hydrogens is 400 g/mol. The van der Waals surface area contributed by atoms with Gasteiger partial charge in [0.1, 0.15) is 5.75 Å². The number of nitrogens with zero attached hydrogens (tertiary/aromatic N) is 3. The van der Waals surface area contributed by atoms with Gasteiger partial charge in [-0.05, 0) is 56.2 Å². The summed E-state index contributed by atoms with van der Waals surface area (Å²) < 4.78 is 11.0. The fraction of sp³-hybridized carbons (Fsp3) is 0.636. The number of benzene rings is 1. The van der Waals surface area contributed by atoms with Crippen LogP contribution in [0.25, 0.3) is 0 Å². The van der Waals surface area contributed by atoms with Crippen molar-refractivity contribution in [2.75, 3.05) is 64.4 Å². The van der Waals surface area contributed by atoms with Crippen molar-refractivity contribution < 1.29 is 14.3 Å². The Hall–Kier alpha value is -1.90. The Kier molecular flexibility index (Phi) is 8.72. The van der Waals surface area contributed by atoms with Crippen LogP contribution >= 0.6 is 12.2 Å². The number of ether oxygens (including phenoxy) is 2. The second kappa shape index (κ2) is 11.5. The number of anilines is 1. The van der Waals surface area contributed by atoms with Crippen LogP contribution in [-0.2, 0) is 9.53 Å². The monoisotopic (exact) mass is 434 g/mol. The maximum absolute atomic E-state index is 11.7. The minimum Gasteiger partial charge on any atom is -0.494 e. The first-order valence-electron chi connectivity index (χ1n) is 10.9. The second-order valence-corrected chi connectivity index (χ2v) is 8.16. The van der Waals surface area contributed by atoms with Crippen molar-refractivity contribution in [1.82, 2.24) is 14.7 Å². The molecule has 30 heavy (non-hydrogen) atoms. The highest BCUT2D eigenvalue weighted by Crippen LogP contribution is 2.20. The number of rotatable bonds is 7. The predicted octanol–water partition coefficient (Wildman–Crippen LogP) is 2.43. The number of amides is 1. The maximum Gasteiger partial charge on any atom is 0.219 e. The highest BCUT2D eigenvalue weighted by Gasteiger charge is 2.27. The van der Waals surface area contributed by atoms with Crippen LogP contribution in [0.5, 0.6) is 5.75 Å². The van der Waals surface area contributed by atoms with Crippen LogP contribution in [0.15, 0.2) is 24.3 Å². The minimum atomic E-state index is 0.156. The molecule has 0 radical (unpaired) electrons. The van der Waals surface area contributed by atoms with Gasteiger partial charge >= 0.3 is 0 Å². The Labute approximate surface area is 185 Å². The Morgan fingerprint density at radius 1 is 1.20 bits per heavy atom. The van der Waals surface area contributed by atoms with E-state index in [1.54, 1.807) is 6.92 Å². The summed E-state index contributed by atoms with van der Waals surface area (Å²) in [5.74, 6) is 1.01. The zero-order chi connectivity index (χ0) is 21.3. The summed E-state index contributed by atoms with van der Waals surface area (Å²) in [5.41, 5.74) is 0.959. The SMILES string of the molecule is CCOc1ccc(NC(=S)N(CCN2CCOCC2)C2CCN(C(C)=O)CC2)cc1. The number of likely N-dealkylation sites (tertiary alicyclic amines) is 1. The van der Waals surface area contributed by atoms with E-state index in [4.69, 9.17) is 21.7 Å². The lowest BCUT2D eigenvalue weighted by atomic mass is 10.0. The lowest BCUT2D eigenvalue weighted by Crippen LogP contribution is -2.52. The van der Waals surface area contributed by atoms with Gasteiger partial charge in [0, 0.05) is 57.9 Å². The van der Waals surface area contributed by atoms with Gasteiger partial charge in [-0.2, -0.15) is 0 Å². The summed E-state index contributed by atoms with van der Waals surface area (Å²) in [5, 5.41) is 4.15. The van der Waals surface area contributed by atoms with Crippen molar-refractivity contribution in [3.8, 4) is 5.75 Å². The van der Waals surface area contributed by atoms with Gasteiger partial charge in [-0.15, -0.1) is 0 Å². The number of piperidine rings is 1. The van der Waals surface area contributed by atoms with Crippen molar-refractivity contribution in [3.05, 3.63) is 24.3 Å². The number of nitrogens with one attached hydrogen (secondary N) is 1. The Morgan fingerprint density at radius 2 is 1.87 bits per heavy atom. The Bertz CT molecular complexity index is 686. The van der Waals surface area contributed by atoms with Crippen LogP contribution in [0.1, 0.15) is 26.7 Å². The Balaban J connectivity index is 1.62. The van der Waals surface area contributed by atoms with Gasteiger partial charge in [-0.3, -0.25) is 9.69 Å². The first-order chi connectivity index (χ1) is 14.6. The second-order valence-electron chi connectivity index (χ2n) is 7.77. The fourth-order valence-electron chi connectivity index (χ4n) is 4.01. The number of carbonyl (C=O) groups excluding carboxylic acids is 1. The van der Waals surface area contributed by atoms with Gasteiger partial charge in [-0.1, -0.05) is 0 Å². The van der Waals surface area contributed by atoms with Gasteiger partial charge in [-0.25, -0.2) is 0 Å². The molecule has 2 heterocycles. The molecule has 2 fully saturated rings. The molecule has 1 amide bonds. The highest BCUT2D eigenvalue weighted by atomic mass is 32.1. The molecule has 0 saturated carbocycles. The third-order valence-electron chi connectivity index (χ3n) is 5.79. The normalized spacial score (nSPS) is 18.1. The molecule has 2 saturated heterocycles. The minimum absolute atomic E-state index is 0.156. The largest absolute Gasteiger partial charge is 0.494 e. The fourth-order valence-corrected chi connectivity index (χ4v) is 4.37. The standard InChI is InChI=1S/C22H34N4O3S/c1-3-29-21-6-4-19(5-7-21)23-22(30)26(13-12-24-14-16-28-17-15-24)20-8-10-25(11-9-20)18(2)27/h4-7,20H,3,8-17H2,1-2H3,(H,23,30). The zero-order valence-electron chi connectivity index (χ0n) is 18.1. The van der Waals surface area contributed by atoms with Gasteiger partial charge in [0.25, 0.3) is 0 Å². The van der Waals surface area contributed by atoms with E-state index in [0.717, 1.165) is 81.9 Å².